The van der Waals surface area contributed by atoms with E-state index in [1.807, 2.05) is 30.0 Å². The standard InChI is InChI=1S/C27H23ClN4O4/c1-3-32-24-20(26(33)31(2)21-9-11-23(28)30-25(21)32)14-16(15-29-24)12-13-36-22-10-8-19(27(34)35)17-6-4-5-7-18(17)22/h4-11,14-15H,3,12-13H2,1-2H3,(H,34,35). The third-order valence-corrected chi connectivity index (χ3v) is 6.44. The van der Waals surface area contributed by atoms with Gasteiger partial charge in [-0.2, -0.15) is 0 Å². The number of pyridine rings is 2. The quantitative estimate of drug-likeness (QED) is 0.355. The Kier molecular flexibility index (Phi) is 6.20. The van der Waals surface area contributed by atoms with Crippen molar-refractivity contribution < 1.29 is 19.4 Å². The molecule has 1 aliphatic heterocycles. The Labute approximate surface area is 212 Å². The molecule has 0 bridgehead atoms. The monoisotopic (exact) mass is 502 g/mol. The number of carboxylic acid groups (broad SMARTS) is 1. The first kappa shape index (κ1) is 23.6. The molecule has 5 rings (SSSR count). The Morgan fingerprint density at radius 3 is 2.61 bits per heavy atom. The number of rotatable bonds is 6. The Balaban J connectivity index is 1.41. The summed E-state index contributed by atoms with van der Waals surface area (Å²) in [4.78, 5) is 37.4. The van der Waals surface area contributed by atoms with E-state index in [2.05, 4.69) is 9.97 Å². The Bertz CT molecular complexity index is 1510. The lowest BCUT2D eigenvalue weighted by atomic mass is 10.0. The number of carbonyl (C=O) groups excluding carboxylic acids is 1. The molecule has 0 saturated carbocycles. The number of fused-ring (bicyclic) bond motifs is 3. The molecule has 8 nitrogen and oxygen atoms in total. The third kappa shape index (κ3) is 4.09. The van der Waals surface area contributed by atoms with Gasteiger partial charge in [-0.15, -0.1) is 0 Å². The van der Waals surface area contributed by atoms with E-state index in [1.165, 1.54) is 0 Å². The average molecular weight is 503 g/mol. The van der Waals surface area contributed by atoms with Crippen LogP contribution in [0.2, 0.25) is 5.15 Å². The topological polar surface area (TPSA) is 95.9 Å². The maximum atomic E-state index is 13.3. The molecular formula is C27H23ClN4O4. The summed E-state index contributed by atoms with van der Waals surface area (Å²) in [6.07, 6.45) is 2.24. The first-order valence-corrected chi connectivity index (χ1v) is 11.9. The van der Waals surface area contributed by atoms with Gasteiger partial charge in [0, 0.05) is 31.6 Å². The Hall–Kier alpha value is -4.17. The minimum absolute atomic E-state index is 0.183. The maximum absolute atomic E-state index is 13.3. The average Bonchev–Trinajstić information content (AvgIpc) is 2.96. The van der Waals surface area contributed by atoms with Crippen LogP contribution in [0, 0.1) is 0 Å². The second kappa shape index (κ2) is 9.47. The SMILES string of the molecule is CCN1c2ncc(CCOc3ccc(C(=O)O)c4ccccc34)cc2C(=O)N(C)c2ccc(Cl)nc21. The van der Waals surface area contributed by atoms with Gasteiger partial charge in [0.2, 0.25) is 0 Å². The second-order valence-corrected chi connectivity index (χ2v) is 8.75. The van der Waals surface area contributed by atoms with Crippen LogP contribution in [0.5, 0.6) is 5.75 Å². The summed E-state index contributed by atoms with van der Waals surface area (Å²) in [6, 6.07) is 15.8. The zero-order valence-corrected chi connectivity index (χ0v) is 20.5. The van der Waals surface area contributed by atoms with Crippen molar-refractivity contribution in [2.75, 3.05) is 30.0 Å². The number of amides is 1. The van der Waals surface area contributed by atoms with E-state index in [1.54, 1.807) is 54.5 Å². The van der Waals surface area contributed by atoms with E-state index in [-0.39, 0.29) is 11.5 Å². The lowest BCUT2D eigenvalue weighted by molar-refractivity contribution is 0.0698. The molecule has 36 heavy (non-hydrogen) atoms. The molecule has 0 spiro atoms. The van der Waals surface area contributed by atoms with E-state index >= 15 is 0 Å². The molecule has 0 saturated heterocycles. The van der Waals surface area contributed by atoms with Gasteiger partial charge in [0.15, 0.2) is 5.82 Å². The molecule has 0 radical (unpaired) electrons. The highest BCUT2D eigenvalue weighted by molar-refractivity contribution is 6.29. The lowest BCUT2D eigenvalue weighted by Crippen LogP contribution is -2.25. The predicted octanol–water partition coefficient (Wildman–Crippen LogP) is 5.35. The molecule has 4 aromatic rings. The van der Waals surface area contributed by atoms with Gasteiger partial charge in [-0.25, -0.2) is 14.8 Å². The van der Waals surface area contributed by atoms with Gasteiger partial charge in [0.05, 0.1) is 23.4 Å². The molecule has 2 aromatic carbocycles. The van der Waals surface area contributed by atoms with Crippen LogP contribution >= 0.6 is 11.6 Å². The largest absolute Gasteiger partial charge is 0.493 e. The smallest absolute Gasteiger partial charge is 0.336 e. The van der Waals surface area contributed by atoms with Crippen molar-refractivity contribution in [3.05, 3.63) is 82.6 Å². The van der Waals surface area contributed by atoms with E-state index < -0.39 is 5.97 Å². The van der Waals surface area contributed by atoms with Crippen LogP contribution in [0.1, 0.15) is 33.2 Å². The summed E-state index contributed by atoms with van der Waals surface area (Å²) in [5.41, 5.74) is 2.20. The molecular weight excluding hydrogens is 480 g/mol. The van der Waals surface area contributed by atoms with Crippen molar-refractivity contribution in [2.45, 2.75) is 13.3 Å². The van der Waals surface area contributed by atoms with Gasteiger partial charge in [0.1, 0.15) is 16.7 Å². The van der Waals surface area contributed by atoms with Crippen molar-refractivity contribution in [1.82, 2.24) is 9.97 Å². The van der Waals surface area contributed by atoms with E-state index in [4.69, 9.17) is 16.3 Å². The van der Waals surface area contributed by atoms with Crippen molar-refractivity contribution in [2.24, 2.45) is 0 Å². The third-order valence-electron chi connectivity index (χ3n) is 6.23. The van der Waals surface area contributed by atoms with Gasteiger partial charge < -0.3 is 19.6 Å². The van der Waals surface area contributed by atoms with Gasteiger partial charge in [0.25, 0.3) is 5.91 Å². The molecule has 1 N–H and O–H groups in total. The number of carbonyl (C=O) groups is 2. The number of benzene rings is 2. The normalized spacial score (nSPS) is 12.8. The minimum atomic E-state index is -0.982. The molecule has 9 heteroatoms. The number of anilines is 3. The van der Waals surface area contributed by atoms with Gasteiger partial charge >= 0.3 is 5.97 Å². The molecule has 0 aliphatic carbocycles. The highest BCUT2D eigenvalue weighted by Gasteiger charge is 2.31. The fourth-order valence-corrected chi connectivity index (χ4v) is 4.58. The molecule has 1 aliphatic rings. The molecule has 1 amide bonds. The van der Waals surface area contributed by atoms with Crippen LogP contribution in [0.3, 0.4) is 0 Å². The van der Waals surface area contributed by atoms with E-state index in [0.29, 0.717) is 58.7 Å². The summed E-state index contributed by atoms with van der Waals surface area (Å²) in [6.45, 7) is 2.86. The second-order valence-electron chi connectivity index (χ2n) is 8.36. The number of hydrogen-bond acceptors (Lipinski definition) is 6. The lowest BCUT2D eigenvalue weighted by Gasteiger charge is -2.23. The molecule has 0 fully saturated rings. The van der Waals surface area contributed by atoms with Gasteiger partial charge in [-0.3, -0.25) is 4.79 Å². The summed E-state index contributed by atoms with van der Waals surface area (Å²) in [5.74, 6) is 0.549. The van der Waals surface area contributed by atoms with Gasteiger partial charge in [-0.1, -0.05) is 35.9 Å². The summed E-state index contributed by atoms with van der Waals surface area (Å²) >= 11 is 6.15. The van der Waals surface area contributed by atoms with Crippen molar-refractivity contribution >= 4 is 51.6 Å². The van der Waals surface area contributed by atoms with Crippen molar-refractivity contribution in [3.63, 3.8) is 0 Å². The van der Waals surface area contributed by atoms with Crippen LogP contribution in [-0.4, -0.2) is 47.2 Å². The van der Waals surface area contributed by atoms with E-state index in [9.17, 15) is 14.7 Å². The number of halogens is 1. The molecule has 2 aromatic heterocycles. The van der Waals surface area contributed by atoms with Crippen molar-refractivity contribution in [1.29, 1.82) is 0 Å². The zero-order valence-electron chi connectivity index (χ0n) is 19.7. The highest BCUT2D eigenvalue weighted by Crippen LogP contribution is 2.38. The summed E-state index contributed by atoms with van der Waals surface area (Å²) in [5, 5.41) is 11.2. The molecule has 3 heterocycles. The number of aromatic carboxylic acids is 1. The number of carboxylic acids is 1. The fraction of sp³-hybridized carbons (Fsp3) is 0.185. The first-order chi connectivity index (χ1) is 17.4. The number of hydrogen-bond donors (Lipinski definition) is 1. The fourth-order valence-electron chi connectivity index (χ4n) is 4.44. The number of nitrogens with zero attached hydrogens (tertiary/aromatic N) is 4. The molecule has 182 valence electrons. The van der Waals surface area contributed by atoms with Crippen LogP contribution in [0.25, 0.3) is 10.8 Å². The maximum Gasteiger partial charge on any atom is 0.336 e. The van der Waals surface area contributed by atoms with Crippen molar-refractivity contribution in [3.8, 4) is 5.75 Å². The highest BCUT2D eigenvalue weighted by atomic mass is 35.5. The summed E-state index contributed by atoms with van der Waals surface area (Å²) < 4.78 is 6.03. The number of aromatic nitrogens is 2. The molecule has 0 unspecified atom stereocenters. The molecule has 0 atom stereocenters. The Morgan fingerprint density at radius 1 is 1.08 bits per heavy atom. The number of ether oxygens (including phenoxy) is 1. The van der Waals surface area contributed by atoms with Crippen LogP contribution in [0.15, 0.2) is 60.8 Å². The van der Waals surface area contributed by atoms with E-state index in [0.717, 1.165) is 10.9 Å². The summed E-state index contributed by atoms with van der Waals surface area (Å²) in [7, 11) is 1.71. The Morgan fingerprint density at radius 2 is 1.86 bits per heavy atom. The first-order valence-electron chi connectivity index (χ1n) is 11.5. The van der Waals surface area contributed by atoms with Crippen LogP contribution in [0.4, 0.5) is 17.3 Å². The van der Waals surface area contributed by atoms with Crippen LogP contribution in [-0.2, 0) is 6.42 Å². The predicted molar refractivity (Wildman–Crippen MR) is 139 cm³/mol. The van der Waals surface area contributed by atoms with Crippen LogP contribution < -0.4 is 14.5 Å². The zero-order chi connectivity index (χ0) is 25.4. The minimum Gasteiger partial charge on any atom is -0.493 e. The van der Waals surface area contributed by atoms with Gasteiger partial charge in [-0.05, 0) is 48.2 Å².